The Bertz CT molecular complexity index is 858. The number of anilines is 1. The molecule has 2 heterocycles. The largest absolute Gasteiger partial charge is 0.370 e. The topological polar surface area (TPSA) is 25.2 Å². The highest BCUT2D eigenvalue weighted by Crippen LogP contribution is 2.33. The van der Waals surface area contributed by atoms with Crippen LogP contribution in [0.1, 0.15) is 44.6 Å². The minimum absolute atomic E-state index is 0.0482. The van der Waals surface area contributed by atoms with Crippen molar-refractivity contribution in [2.45, 2.75) is 45.6 Å². The van der Waals surface area contributed by atoms with Crippen molar-refractivity contribution >= 4 is 17.3 Å². The maximum atomic E-state index is 14.0. The highest BCUT2D eigenvalue weighted by molar-refractivity contribution is 6.33. The van der Waals surface area contributed by atoms with Crippen molar-refractivity contribution in [3.8, 4) is 0 Å². The fraction of sp³-hybridized carbons (Fsp3) is 0.476. The lowest BCUT2D eigenvalue weighted by molar-refractivity contribution is 0.476. The quantitative estimate of drug-likeness (QED) is 0.695. The molecule has 0 unspecified atom stereocenters. The van der Waals surface area contributed by atoms with Gasteiger partial charge in [0.15, 0.2) is 0 Å². The van der Waals surface area contributed by atoms with Crippen LogP contribution in [0.15, 0.2) is 35.3 Å². The van der Waals surface area contributed by atoms with Gasteiger partial charge in [0, 0.05) is 31.9 Å². The van der Waals surface area contributed by atoms with Gasteiger partial charge in [-0.3, -0.25) is 4.79 Å². The zero-order chi connectivity index (χ0) is 19.6. The van der Waals surface area contributed by atoms with Crippen molar-refractivity contribution in [2.24, 2.45) is 5.92 Å². The Morgan fingerprint density at radius 2 is 1.89 bits per heavy atom. The molecule has 3 rings (SSSR count). The molecule has 0 bridgehead atoms. The summed E-state index contributed by atoms with van der Waals surface area (Å²) in [5.41, 5.74) is 1.13. The van der Waals surface area contributed by atoms with Crippen LogP contribution in [0.2, 0.25) is 5.02 Å². The minimum atomic E-state index is -0.557. The molecule has 1 fully saturated rings. The lowest BCUT2D eigenvalue weighted by Gasteiger charge is -2.34. The first-order valence-corrected chi connectivity index (χ1v) is 9.83. The van der Waals surface area contributed by atoms with Gasteiger partial charge in [0.2, 0.25) is 0 Å². The number of hydrogen-bond acceptors (Lipinski definition) is 2. The van der Waals surface area contributed by atoms with Crippen LogP contribution >= 0.6 is 11.6 Å². The molecule has 1 aromatic carbocycles. The SMILES string of the molecule is CC(C)CCn1ccc(N2CCC(c3ccc(F)cc3F)CC2)c(Cl)c1=O. The summed E-state index contributed by atoms with van der Waals surface area (Å²) in [4.78, 5) is 14.6. The first-order valence-electron chi connectivity index (χ1n) is 9.45. The molecule has 0 N–H and O–H groups in total. The Morgan fingerprint density at radius 3 is 2.52 bits per heavy atom. The number of hydrogen-bond donors (Lipinski definition) is 0. The molecule has 0 aliphatic carbocycles. The Morgan fingerprint density at radius 1 is 1.19 bits per heavy atom. The van der Waals surface area contributed by atoms with Crippen molar-refractivity contribution in [2.75, 3.05) is 18.0 Å². The van der Waals surface area contributed by atoms with Crippen LogP contribution in [-0.4, -0.2) is 17.7 Å². The van der Waals surface area contributed by atoms with E-state index < -0.39 is 11.6 Å². The van der Waals surface area contributed by atoms with Crippen LogP contribution in [0, 0.1) is 17.6 Å². The van der Waals surface area contributed by atoms with E-state index in [1.165, 1.54) is 12.1 Å². The summed E-state index contributed by atoms with van der Waals surface area (Å²) < 4.78 is 28.8. The van der Waals surface area contributed by atoms with Crippen molar-refractivity contribution < 1.29 is 8.78 Å². The second-order valence-electron chi connectivity index (χ2n) is 7.62. The van der Waals surface area contributed by atoms with Crippen LogP contribution in [0.4, 0.5) is 14.5 Å². The summed E-state index contributed by atoms with van der Waals surface area (Å²) in [6, 6.07) is 5.67. The molecular formula is C21H25ClF2N2O. The summed E-state index contributed by atoms with van der Waals surface area (Å²) in [7, 11) is 0. The Labute approximate surface area is 163 Å². The first-order chi connectivity index (χ1) is 12.9. The average Bonchev–Trinajstić information content (AvgIpc) is 2.63. The molecule has 1 saturated heterocycles. The van der Waals surface area contributed by atoms with Crippen molar-refractivity contribution in [1.29, 1.82) is 0 Å². The second-order valence-corrected chi connectivity index (χ2v) is 8.00. The lowest BCUT2D eigenvalue weighted by Crippen LogP contribution is -2.35. The van der Waals surface area contributed by atoms with Gasteiger partial charge < -0.3 is 9.47 Å². The number of pyridine rings is 1. The van der Waals surface area contributed by atoms with Crippen molar-refractivity contribution in [1.82, 2.24) is 4.57 Å². The molecule has 1 aliphatic rings. The standard InChI is InChI=1S/C21H25ClF2N2O/c1-14(2)5-9-26-12-8-19(20(22)21(26)27)25-10-6-15(7-11-25)17-4-3-16(23)13-18(17)24/h3-4,8,12-15H,5-7,9-11H2,1-2H3. The third-order valence-electron chi connectivity index (χ3n) is 5.27. The molecule has 6 heteroatoms. The predicted molar refractivity (Wildman–Crippen MR) is 106 cm³/mol. The van der Waals surface area contributed by atoms with Gasteiger partial charge in [0.25, 0.3) is 5.56 Å². The smallest absolute Gasteiger partial charge is 0.271 e. The average molecular weight is 395 g/mol. The van der Waals surface area contributed by atoms with Crippen LogP contribution in [0.25, 0.3) is 0 Å². The molecule has 146 valence electrons. The number of aromatic nitrogens is 1. The normalized spacial score (nSPS) is 15.6. The third-order valence-corrected chi connectivity index (χ3v) is 5.63. The molecule has 0 spiro atoms. The van der Waals surface area contributed by atoms with Gasteiger partial charge in [-0.1, -0.05) is 31.5 Å². The summed E-state index contributed by atoms with van der Waals surface area (Å²) >= 11 is 6.37. The zero-order valence-electron chi connectivity index (χ0n) is 15.7. The molecule has 1 aromatic heterocycles. The lowest BCUT2D eigenvalue weighted by atomic mass is 9.89. The molecule has 0 radical (unpaired) electrons. The Hall–Kier alpha value is -1.88. The van der Waals surface area contributed by atoms with E-state index in [1.807, 2.05) is 6.07 Å². The molecule has 0 saturated carbocycles. The number of nitrogens with zero attached hydrogens (tertiary/aromatic N) is 2. The number of piperidine rings is 1. The van der Waals surface area contributed by atoms with Crippen molar-refractivity contribution in [3.63, 3.8) is 0 Å². The molecule has 0 amide bonds. The summed E-state index contributed by atoms with van der Waals surface area (Å²) in [6.07, 6.45) is 4.19. The molecular weight excluding hydrogens is 370 g/mol. The van der Waals surface area contributed by atoms with Crippen LogP contribution in [0.5, 0.6) is 0 Å². The van der Waals surface area contributed by atoms with Gasteiger partial charge in [0.1, 0.15) is 16.7 Å². The van der Waals surface area contributed by atoms with Crippen LogP contribution in [-0.2, 0) is 6.54 Å². The molecule has 3 nitrogen and oxygen atoms in total. The summed E-state index contributed by atoms with van der Waals surface area (Å²) in [5.74, 6) is -0.481. The maximum absolute atomic E-state index is 14.0. The van der Waals surface area contributed by atoms with E-state index in [4.69, 9.17) is 11.6 Å². The molecule has 1 aliphatic heterocycles. The Balaban J connectivity index is 1.70. The fourth-order valence-electron chi connectivity index (χ4n) is 3.62. The molecule has 27 heavy (non-hydrogen) atoms. The van der Waals surface area contributed by atoms with Gasteiger partial charge in [0.05, 0.1) is 5.69 Å². The monoisotopic (exact) mass is 394 g/mol. The van der Waals surface area contributed by atoms with E-state index in [0.717, 1.165) is 31.0 Å². The minimum Gasteiger partial charge on any atom is -0.370 e. The second kappa shape index (κ2) is 8.42. The van der Waals surface area contributed by atoms with Crippen LogP contribution in [0.3, 0.4) is 0 Å². The van der Waals surface area contributed by atoms with E-state index in [9.17, 15) is 13.6 Å². The Kier molecular flexibility index (Phi) is 6.20. The number of aryl methyl sites for hydroxylation is 1. The number of rotatable bonds is 5. The van der Waals surface area contributed by atoms with Gasteiger partial charge >= 0.3 is 0 Å². The molecule has 0 atom stereocenters. The van der Waals surface area contributed by atoms with Gasteiger partial charge in [-0.25, -0.2) is 8.78 Å². The summed E-state index contributed by atoms with van der Waals surface area (Å²) in [6.45, 7) is 6.25. The predicted octanol–water partition coefficient (Wildman–Crippen LogP) is 5.21. The van der Waals surface area contributed by atoms with E-state index in [-0.39, 0.29) is 16.5 Å². The van der Waals surface area contributed by atoms with E-state index in [2.05, 4.69) is 18.7 Å². The van der Waals surface area contributed by atoms with Crippen LogP contribution < -0.4 is 10.5 Å². The molecule has 2 aromatic rings. The maximum Gasteiger partial charge on any atom is 0.271 e. The third kappa shape index (κ3) is 4.52. The van der Waals surface area contributed by atoms with Gasteiger partial charge in [-0.05, 0) is 48.8 Å². The van der Waals surface area contributed by atoms with Gasteiger partial charge in [-0.15, -0.1) is 0 Å². The number of halogens is 3. The highest BCUT2D eigenvalue weighted by Gasteiger charge is 2.25. The highest BCUT2D eigenvalue weighted by atomic mass is 35.5. The fourth-order valence-corrected chi connectivity index (χ4v) is 3.91. The zero-order valence-corrected chi connectivity index (χ0v) is 16.5. The number of benzene rings is 1. The van der Waals surface area contributed by atoms with E-state index in [0.29, 0.717) is 31.1 Å². The van der Waals surface area contributed by atoms with E-state index in [1.54, 1.807) is 10.8 Å². The first kappa shape index (κ1) is 19.9. The summed E-state index contributed by atoms with van der Waals surface area (Å²) in [5, 5.41) is 0.243. The van der Waals surface area contributed by atoms with E-state index >= 15 is 0 Å². The van der Waals surface area contributed by atoms with Crippen molar-refractivity contribution in [3.05, 3.63) is 63.0 Å². The van der Waals surface area contributed by atoms with Gasteiger partial charge in [-0.2, -0.15) is 0 Å².